The smallest absolute Gasteiger partial charge is 0.409 e. The molecule has 1 amide bonds. The molecule has 0 saturated heterocycles. The molecule has 1 aromatic rings. The Kier molecular flexibility index (Phi) is 2.90. The van der Waals surface area contributed by atoms with E-state index in [-0.39, 0.29) is 0 Å². The molecule has 0 fully saturated rings. The maximum absolute atomic E-state index is 10.4. The minimum atomic E-state index is -0.780. The van der Waals surface area contributed by atoms with E-state index < -0.39 is 6.09 Å². The molecule has 0 aliphatic rings. The van der Waals surface area contributed by atoms with Crippen LogP contribution in [0.4, 0.5) is 4.79 Å². The van der Waals surface area contributed by atoms with Gasteiger partial charge >= 0.3 is 6.09 Å². The molecule has 70 valence electrons. The number of amides is 1. The summed E-state index contributed by atoms with van der Waals surface area (Å²) >= 11 is 0. The Hall–Kier alpha value is -1.51. The second kappa shape index (κ2) is 3.94. The molecule has 1 rings (SSSR count). The molecule has 3 heteroatoms. The Bertz CT molecular complexity index is 290. The number of carbonyl (C=O) groups excluding carboxylic acids is 1. The molecular weight excluding hydrogens is 166 g/mol. The summed E-state index contributed by atoms with van der Waals surface area (Å²) in [4.78, 5) is 10.4. The summed E-state index contributed by atoms with van der Waals surface area (Å²) in [5, 5.41) is 0. The van der Waals surface area contributed by atoms with Gasteiger partial charge in [-0.1, -0.05) is 26.0 Å². The molecule has 0 atom stereocenters. The quantitative estimate of drug-likeness (QED) is 0.757. The van der Waals surface area contributed by atoms with Gasteiger partial charge in [0.1, 0.15) is 5.75 Å². The summed E-state index contributed by atoms with van der Waals surface area (Å²) in [5.41, 5.74) is 6.07. The van der Waals surface area contributed by atoms with Gasteiger partial charge in [0.2, 0.25) is 0 Å². The van der Waals surface area contributed by atoms with Crippen molar-refractivity contribution in [3.8, 4) is 5.75 Å². The number of nitrogens with two attached hydrogens (primary N) is 1. The Morgan fingerprint density at radius 1 is 1.31 bits per heavy atom. The fraction of sp³-hybridized carbons (Fsp3) is 0.300. The van der Waals surface area contributed by atoms with E-state index in [0.29, 0.717) is 11.7 Å². The van der Waals surface area contributed by atoms with Crippen LogP contribution >= 0.6 is 0 Å². The van der Waals surface area contributed by atoms with Gasteiger partial charge in [0.05, 0.1) is 0 Å². The third kappa shape index (κ3) is 2.78. The van der Waals surface area contributed by atoms with Crippen molar-refractivity contribution < 1.29 is 9.53 Å². The second-order valence-corrected chi connectivity index (χ2v) is 3.14. The maximum Gasteiger partial charge on any atom is 0.409 e. The zero-order valence-electron chi connectivity index (χ0n) is 7.78. The molecular formula is C10H13NO2. The Morgan fingerprint density at radius 2 is 1.85 bits per heavy atom. The highest BCUT2D eigenvalue weighted by Gasteiger charge is 2.00. The standard InChI is InChI=1S/C10H13NO2/c1-7(2)8-3-5-9(6-4-8)13-10(11)12/h3-7H,1-2H3,(H2,11,12). The Balaban J connectivity index is 2.75. The molecule has 0 aliphatic heterocycles. The van der Waals surface area contributed by atoms with Crippen molar-refractivity contribution in [1.82, 2.24) is 0 Å². The molecule has 0 saturated carbocycles. The summed E-state index contributed by atoms with van der Waals surface area (Å²) in [6, 6.07) is 7.31. The molecule has 1 aromatic carbocycles. The Morgan fingerprint density at radius 3 is 2.23 bits per heavy atom. The minimum Gasteiger partial charge on any atom is -0.411 e. The SMILES string of the molecule is CC(C)c1ccc(OC(N)=O)cc1. The predicted octanol–water partition coefficient (Wildman–Crippen LogP) is 2.27. The highest BCUT2D eigenvalue weighted by atomic mass is 16.5. The van der Waals surface area contributed by atoms with Crippen LogP contribution in [-0.4, -0.2) is 6.09 Å². The van der Waals surface area contributed by atoms with Gasteiger partial charge in [0.25, 0.3) is 0 Å². The molecule has 0 aromatic heterocycles. The average molecular weight is 179 g/mol. The van der Waals surface area contributed by atoms with Gasteiger partial charge in [0.15, 0.2) is 0 Å². The lowest BCUT2D eigenvalue weighted by Crippen LogP contribution is -2.16. The van der Waals surface area contributed by atoms with Crippen molar-refractivity contribution in [2.75, 3.05) is 0 Å². The van der Waals surface area contributed by atoms with E-state index in [4.69, 9.17) is 5.73 Å². The van der Waals surface area contributed by atoms with Gasteiger partial charge in [-0.2, -0.15) is 0 Å². The number of hydrogen-bond donors (Lipinski definition) is 1. The third-order valence-electron chi connectivity index (χ3n) is 1.77. The fourth-order valence-corrected chi connectivity index (χ4v) is 1.04. The molecule has 0 aliphatic carbocycles. The zero-order valence-corrected chi connectivity index (χ0v) is 7.78. The summed E-state index contributed by atoms with van der Waals surface area (Å²) in [6.45, 7) is 4.20. The molecule has 13 heavy (non-hydrogen) atoms. The van der Waals surface area contributed by atoms with Crippen molar-refractivity contribution in [3.63, 3.8) is 0 Å². The maximum atomic E-state index is 10.4. The van der Waals surface area contributed by atoms with Gasteiger partial charge in [0, 0.05) is 0 Å². The first-order valence-corrected chi connectivity index (χ1v) is 4.17. The summed E-state index contributed by atoms with van der Waals surface area (Å²) in [7, 11) is 0. The lowest BCUT2D eigenvalue weighted by atomic mass is 10.0. The van der Waals surface area contributed by atoms with Crippen molar-refractivity contribution in [2.24, 2.45) is 5.73 Å². The number of primary amides is 1. The molecule has 0 unspecified atom stereocenters. The van der Waals surface area contributed by atoms with Crippen LogP contribution in [-0.2, 0) is 0 Å². The van der Waals surface area contributed by atoms with Gasteiger partial charge < -0.3 is 10.5 Å². The van der Waals surface area contributed by atoms with Crippen LogP contribution in [0.3, 0.4) is 0 Å². The highest BCUT2D eigenvalue weighted by Crippen LogP contribution is 2.18. The predicted molar refractivity (Wildman–Crippen MR) is 50.7 cm³/mol. The van der Waals surface area contributed by atoms with E-state index in [1.165, 1.54) is 5.56 Å². The lowest BCUT2D eigenvalue weighted by molar-refractivity contribution is 0.211. The molecule has 0 spiro atoms. The molecule has 0 bridgehead atoms. The van der Waals surface area contributed by atoms with E-state index in [9.17, 15) is 4.79 Å². The highest BCUT2D eigenvalue weighted by molar-refractivity contribution is 5.68. The van der Waals surface area contributed by atoms with Crippen LogP contribution < -0.4 is 10.5 Å². The van der Waals surface area contributed by atoms with Crippen LogP contribution in [0.5, 0.6) is 5.75 Å². The van der Waals surface area contributed by atoms with Gasteiger partial charge in [-0.15, -0.1) is 0 Å². The number of carbonyl (C=O) groups is 1. The first kappa shape index (κ1) is 9.58. The largest absolute Gasteiger partial charge is 0.411 e. The van der Waals surface area contributed by atoms with E-state index in [2.05, 4.69) is 18.6 Å². The van der Waals surface area contributed by atoms with Crippen molar-refractivity contribution in [3.05, 3.63) is 29.8 Å². The fourth-order valence-electron chi connectivity index (χ4n) is 1.04. The van der Waals surface area contributed by atoms with E-state index in [0.717, 1.165) is 0 Å². The van der Waals surface area contributed by atoms with E-state index in [1.807, 2.05) is 12.1 Å². The topological polar surface area (TPSA) is 52.3 Å². The van der Waals surface area contributed by atoms with Crippen LogP contribution in [0, 0.1) is 0 Å². The first-order chi connectivity index (χ1) is 6.09. The molecule has 3 nitrogen and oxygen atoms in total. The van der Waals surface area contributed by atoms with Crippen molar-refractivity contribution in [2.45, 2.75) is 19.8 Å². The monoisotopic (exact) mass is 179 g/mol. The van der Waals surface area contributed by atoms with E-state index >= 15 is 0 Å². The minimum absolute atomic E-state index is 0.475. The Labute approximate surface area is 77.5 Å². The van der Waals surface area contributed by atoms with Crippen LogP contribution in [0.1, 0.15) is 25.3 Å². The third-order valence-corrected chi connectivity index (χ3v) is 1.77. The summed E-state index contributed by atoms with van der Waals surface area (Å²) in [5.74, 6) is 0.958. The van der Waals surface area contributed by atoms with Gasteiger partial charge in [-0.3, -0.25) is 0 Å². The van der Waals surface area contributed by atoms with Crippen LogP contribution in [0.15, 0.2) is 24.3 Å². The second-order valence-electron chi connectivity index (χ2n) is 3.14. The number of hydrogen-bond acceptors (Lipinski definition) is 2. The number of benzene rings is 1. The molecule has 0 radical (unpaired) electrons. The average Bonchev–Trinajstić information content (AvgIpc) is 2.04. The van der Waals surface area contributed by atoms with Crippen molar-refractivity contribution >= 4 is 6.09 Å². The molecule has 2 N–H and O–H groups in total. The number of ether oxygens (including phenoxy) is 1. The van der Waals surface area contributed by atoms with E-state index in [1.54, 1.807) is 12.1 Å². The lowest BCUT2D eigenvalue weighted by Gasteiger charge is -2.05. The number of rotatable bonds is 2. The normalized spacial score (nSPS) is 10.1. The van der Waals surface area contributed by atoms with Gasteiger partial charge in [-0.25, -0.2) is 4.79 Å². The summed E-state index contributed by atoms with van der Waals surface area (Å²) in [6.07, 6.45) is -0.780. The zero-order chi connectivity index (χ0) is 9.84. The van der Waals surface area contributed by atoms with Gasteiger partial charge in [-0.05, 0) is 23.6 Å². The first-order valence-electron chi connectivity index (χ1n) is 4.17. The molecule has 0 heterocycles. The summed E-state index contributed by atoms with van der Waals surface area (Å²) < 4.78 is 4.69. The van der Waals surface area contributed by atoms with Crippen molar-refractivity contribution in [1.29, 1.82) is 0 Å². The van der Waals surface area contributed by atoms with Crippen LogP contribution in [0.25, 0.3) is 0 Å². The van der Waals surface area contributed by atoms with Crippen LogP contribution in [0.2, 0.25) is 0 Å².